The van der Waals surface area contributed by atoms with Gasteiger partial charge in [0.1, 0.15) is 11.9 Å². The number of hydrogen-bond acceptors (Lipinski definition) is 5. The number of carbonyl (C=O) groups is 2. The van der Waals surface area contributed by atoms with Crippen molar-refractivity contribution in [3.63, 3.8) is 0 Å². The fourth-order valence-corrected chi connectivity index (χ4v) is 4.17. The molecule has 2 aromatic rings. The van der Waals surface area contributed by atoms with Crippen molar-refractivity contribution in [2.24, 2.45) is 0 Å². The van der Waals surface area contributed by atoms with Gasteiger partial charge in [0.2, 0.25) is 15.9 Å². The molecular formula is C19H20ClFN2O5S. The minimum Gasteiger partial charge on any atom is -0.465 e. The third kappa shape index (κ3) is 5.24. The molecule has 0 bridgehead atoms. The molecule has 1 atom stereocenters. The van der Waals surface area contributed by atoms with Gasteiger partial charge in [-0.1, -0.05) is 30.7 Å². The third-order valence-electron chi connectivity index (χ3n) is 4.06. The van der Waals surface area contributed by atoms with E-state index in [1.807, 2.05) is 0 Å². The predicted octanol–water partition coefficient (Wildman–Crippen LogP) is 3.45. The molecule has 10 heteroatoms. The van der Waals surface area contributed by atoms with Crippen molar-refractivity contribution < 1.29 is 27.1 Å². The molecule has 0 aliphatic carbocycles. The van der Waals surface area contributed by atoms with Crippen LogP contribution >= 0.6 is 11.6 Å². The SMILES string of the molecule is CC[C@@H](C(=O)Nc1ccc(Cl)c(C(=O)OC)c1)N(c1ccccc1F)S(C)(=O)=O. The van der Waals surface area contributed by atoms with Gasteiger partial charge in [-0.05, 0) is 36.8 Å². The van der Waals surface area contributed by atoms with Gasteiger partial charge in [-0.2, -0.15) is 0 Å². The highest BCUT2D eigenvalue weighted by molar-refractivity contribution is 7.92. The number of carbonyl (C=O) groups excluding carboxylic acids is 2. The first-order valence-corrected chi connectivity index (χ1v) is 10.8. The third-order valence-corrected chi connectivity index (χ3v) is 5.55. The Bertz CT molecular complexity index is 1030. The van der Waals surface area contributed by atoms with Gasteiger partial charge < -0.3 is 10.1 Å². The number of hydrogen-bond donors (Lipinski definition) is 1. The zero-order valence-corrected chi connectivity index (χ0v) is 17.6. The van der Waals surface area contributed by atoms with Crippen LogP contribution in [0.4, 0.5) is 15.8 Å². The normalized spacial score (nSPS) is 12.2. The topological polar surface area (TPSA) is 92.8 Å². The lowest BCUT2D eigenvalue weighted by atomic mass is 10.1. The average Bonchev–Trinajstić information content (AvgIpc) is 2.66. The maximum atomic E-state index is 14.3. The van der Waals surface area contributed by atoms with E-state index in [9.17, 15) is 22.4 Å². The van der Waals surface area contributed by atoms with Gasteiger partial charge >= 0.3 is 5.97 Å². The molecule has 0 aliphatic heterocycles. The smallest absolute Gasteiger partial charge is 0.339 e. The van der Waals surface area contributed by atoms with Crippen LogP contribution in [0.25, 0.3) is 0 Å². The maximum absolute atomic E-state index is 14.3. The second kappa shape index (κ2) is 9.23. The lowest BCUT2D eigenvalue weighted by Gasteiger charge is -2.30. The number of para-hydroxylation sites is 1. The first kappa shape index (κ1) is 22.6. The number of methoxy groups -OCH3 is 1. The van der Waals surface area contributed by atoms with Crippen LogP contribution in [0.2, 0.25) is 5.02 Å². The summed E-state index contributed by atoms with van der Waals surface area (Å²) in [5.41, 5.74) is 0.0117. The molecule has 1 N–H and O–H groups in total. The Hall–Kier alpha value is -2.65. The molecule has 0 saturated heterocycles. The monoisotopic (exact) mass is 442 g/mol. The Kier molecular flexibility index (Phi) is 7.21. The molecule has 0 heterocycles. The fraction of sp³-hybridized carbons (Fsp3) is 0.263. The molecule has 0 saturated carbocycles. The molecule has 0 radical (unpaired) electrons. The van der Waals surface area contributed by atoms with E-state index < -0.39 is 33.8 Å². The van der Waals surface area contributed by atoms with Crippen molar-refractivity contribution in [1.29, 1.82) is 0 Å². The number of esters is 1. The van der Waals surface area contributed by atoms with E-state index in [4.69, 9.17) is 11.6 Å². The first-order chi connectivity index (χ1) is 13.6. The number of amides is 1. The Labute approximate surface area is 173 Å². The summed E-state index contributed by atoms with van der Waals surface area (Å²) in [5, 5.41) is 2.68. The minimum absolute atomic E-state index is 0.0362. The van der Waals surface area contributed by atoms with Crippen molar-refractivity contribution in [3.05, 3.63) is 58.9 Å². The van der Waals surface area contributed by atoms with E-state index in [0.717, 1.165) is 16.6 Å². The summed E-state index contributed by atoms with van der Waals surface area (Å²) >= 11 is 5.96. The zero-order chi connectivity index (χ0) is 21.8. The lowest BCUT2D eigenvalue weighted by molar-refractivity contribution is -0.117. The number of nitrogens with zero attached hydrogens (tertiary/aromatic N) is 1. The summed E-state index contributed by atoms with van der Waals surface area (Å²) < 4.78 is 44.4. The van der Waals surface area contributed by atoms with Crippen molar-refractivity contribution in [2.45, 2.75) is 19.4 Å². The van der Waals surface area contributed by atoms with E-state index in [-0.39, 0.29) is 28.4 Å². The second-order valence-electron chi connectivity index (χ2n) is 6.11. The van der Waals surface area contributed by atoms with Gasteiger partial charge in [0, 0.05) is 5.69 Å². The Morgan fingerprint density at radius 1 is 1.24 bits per heavy atom. The van der Waals surface area contributed by atoms with Crippen molar-refractivity contribution in [1.82, 2.24) is 0 Å². The molecule has 29 heavy (non-hydrogen) atoms. The van der Waals surface area contributed by atoms with Gasteiger partial charge in [-0.15, -0.1) is 0 Å². The summed E-state index contributed by atoms with van der Waals surface area (Å²) in [6.07, 6.45) is 0.970. The number of sulfonamides is 1. The first-order valence-electron chi connectivity index (χ1n) is 8.52. The molecule has 156 valence electrons. The van der Waals surface area contributed by atoms with E-state index in [1.54, 1.807) is 6.92 Å². The van der Waals surface area contributed by atoms with Crippen LogP contribution in [0.3, 0.4) is 0 Å². The van der Waals surface area contributed by atoms with Crippen molar-refractivity contribution >= 4 is 44.9 Å². The van der Waals surface area contributed by atoms with Crippen LogP contribution in [0, 0.1) is 5.82 Å². The summed E-state index contributed by atoms with van der Waals surface area (Å²) in [4.78, 5) is 24.6. The summed E-state index contributed by atoms with van der Waals surface area (Å²) in [6, 6.07) is 8.23. The number of nitrogens with one attached hydrogen (secondary N) is 1. The lowest BCUT2D eigenvalue weighted by Crippen LogP contribution is -2.47. The van der Waals surface area contributed by atoms with Crippen LogP contribution in [0.5, 0.6) is 0 Å². The van der Waals surface area contributed by atoms with Gasteiger partial charge in [-0.25, -0.2) is 17.6 Å². The Morgan fingerprint density at radius 2 is 1.90 bits per heavy atom. The Balaban J connectivity index is 2.41. The van der Waals surface area contributed by atoms with E-state index >= 15 is 0 Å². The van der Waals surface area contributed by atoms with Gasteiger partial charge in [0.15, 0.2) is 0 Å². The molecular weight excluding hydrogens is 423 g/mol. The predicted molar refractivity (Wildman–Crippen MR) is 109 cm³/mol. The van der Waals surface area contributed by atoms with E-state index in [1.165, 1.54) is 43.5 Å². The largest absolute Gasteiger partial charge is 0.465 e. The van der Waals surface area contributed by atoms with Crippen LogP contribution in [0.15, 0.2) is 42.5 Å². The maximum Gasteiger partial charge on any atom is 0.339 e. The van der Waals surface area contributed by atoms with Gasteiger partial charge in [-0.3, -0.25) is 9.10 Å². The number of anilines is 2. The summed E-state index contributed by atoms with van der Waals surface area (Å²) in [6.45, 7) is 1.60. The van der Waals surface area contributed by atoms with E-state index in [0.29, 0.717) is 0 Å². The second-order valence-corrected chi connectivity index (χ2v) is 8.38. The molecule has 0 aliphatic rings. The van der Waals surface area contributed by atoms with Crippen LogP contribution in [-0.4, -0.2) is 39.7 Å². The summed E-state index contributed by atoms with van der Waals surface area (Å²) in [5.74, 6) is -2.16. The number of ether oxygens (including phenoxy) is 1. The average molecular weight is 443 g/mol. The Morgan fingerprint density at radius 3 is 2.45 bits per heavy atom. The van der Waals surface area contributed by atoms with Crippen molar-refractivity contribution in [3.8, 4) is 0 Å². The number of halogens is 2. The highest BCUT2D eigenvalue weighted by atomic mass is 35.5. The molecule has 0 spiro atoms. The fourth-order valence-electron chi connectivity index (χ4n) is 2.76. The highest BCUT2D eigenvalue weighted by Gasteiger charge is 2.33. The molecule has 7 nitrogen and oxygen atoms in total. The van der Waals surface area contributed by atoms with Crippen LogP contribution in [0.1, 0.15) is 23.7 Å². The molecule has 0 aromatic heterocycles. The summed E-state index contributed by atoms with van der Waals surface area (Å²) in [7, 11) is -2.79. The molecule has 2 aromatic carbocycles. The van der Waals surface area contributed by atoms with Crippen LogP contribution < -0.4 is 9.62 Å². The molecule has 0 fully saturated rings. The molecule has 2 rings (SSSR count). The molecule has 1 amide bonds. The standard InChI is InChI=1S/C19H20ClFN2O5S/c1-4-16(23(29(3,26)27)17-8-6-5-7-15(17)21)18(24)22-12-9-10-14(20)13(11-12)19(25)28-2/h5-11,16H,4H2,1-3H3,(H,22,24)/t16-/m0/s1. The van der Waals surface area contributed by atoms with Gasteiger partial charge in [0.05, 0.1) is 29.6 Å². The minimum atomic E-state index is -3.98. The van der Waals surface area contributed by atoms with E-state index in [2.05, 4.69) is 10.1 Å². The van der Waals surface area contributed by atoms with Crippen molar-refractivity contribution in [2.75, 3.05) is 23.0 Å². The van der Waals surface area contributed by atoms with Gasteiger partial charge in [0.25, 0.3) is 0 Å². The quantitative estimate of drug-likeness (QED) is 0.663. The number of rotatable bonds is 7. The van der Waals surface area contributed by atoms with Crippen LogP contribution in [-0.2, 0) is 19.6 Å². The zero-order valence-electron chi connectivity index (χ0n) is 16.0. The highest BCUT2D eigenvalue weighted by Crippen LogP contribution is 2.27. The number of benzene rings is 2. The molecule has 0 unspecified atom stereocenters.